The van der Waals surface area contributed by atoms with Crippen LogP contribution in [0.2, 0.25) is 0 Å². The average molecular weight is 434 g/mol. The number of carbonyl (C=O) groups excluding carboxylic acids is 2. The zero-order valence-corrected chi connectivity index (χ0v) is 17.9. The number of carbonyl (C=O) groups is 3. The highest BCUT2D eigenvalue weighted by Gasteiger charge is 2.29. The van der Waals surface area contributed by atoms with E-state index in [0.29, 0.717) is 6.42 Å². The van der Waals surface area contributed by atoms with Gasteiger partial charge in [-0.25, -0.2) is 4.79 Å². The van der Waals surface area contributed by atoms with Gasteiger partial charge in [0.15, 0.2) is 0 Å². The Labute approximate surface area is 187 Å². The van der Waals surface area contributed by atoms with Crippen LogP contribution in [-0.4, -0.2) is 54.2 Å². The van der Waals surface area contributed by atoms with Gasteiger partial charge in [0.2, 0.25) is 5.91 Å². The van der Waals surface area contributed by atoms with E-state index in [0.717, 1.165) is 27.2 Å². The molecule has 2 amide bonds. The van der Waals surface area contributed by atoms with E-state index in [1.54, 1.807) is 6.92 Å². The lowest BCUT2D eigenvalue weighted by molar-refractivity contribution is -0.145. The summed E-state index contributed by atoms with van der Waals surface area (Å²) in [4.78, 5) is 36.7. The van der Waals surface area contributed by atoms with E-state index in [-0.39, 0.29) is 31.5 Å². The van der Waals surface area contributed by atoms with Gasteiger partial charge in [-0.15, -0.1) is 6.42 Å². The number of fused-ring (bicyclic) bond motifs is 3. The highest BCUT2D eigenvalue weighted by molar-refractivity contribution is 5.83. The maximum absolute atomic E-state index is 12.4. The molecular weight excluding hydrogens is 408 g/mol. The van der Waals surface area contributed by atoms with Crippen molar-refractivity contribution >= 4 is 18.0 Å². The quantitative estimate of drug-likeness (QED) is 0.592. The fraction of sp³-hybridized carbons (Fsp3) is 0.320. The SMILES string of the molecule is C#CCN(CC(=O)O)C(=O)C(C)CCNC(=O)OCC1c2ccccc2-c2ccccc21. The number of nitrogens with zero attached hydrogens (tertiary/aromatic N) is 1. The molecule has 0 saturated carbocycles. The first kappa shape index (κ1) is 22.9. The Morgan fingerprint density at radius 1 is 1.12 bits per heavy atom. The molecule has 0 bridgehead atoms. The maximum Gasteiger partial charge on any atom is 0.407 e. The minimum atomic E-state index is -1.13. The Kier molecular flexibility index (Phi) is 7.50. The second-order valence-corrected chi connectivity index (χ2v) is 7.73. The Balaban J connectivity index is 1.49. The van der Waals surface area contributed by atoms with Gasteiger partial charge in [0.25, 0.3) is 0 Å². The molecule has 7 nitrogen and oxygen atoms in total. The predicted octanol–water partition coefficient (Wildman–Crippen LogP) is 3.10. The summed E-state index contributed by atoms with van der Waals surface area (Å²) in [5, 5.41) is 11.6. The van der Waals surface area contributed by atoms with Gasteiger partial charge in [-0.1, -0.05) is 61.4 Å². The molecule has 0 radical (unpaired) electrons. The molecule has 0 aromatic heterocycles. The summed E-state index contributed by atoms with van der Waals surface area (Å²) in [6, 6.07) is 16.2. The van der Waals surface area contributed by atoms with Crippen molar-refractivity contribution in [3.05, 3.63) is 59.7 Å². The number of hydrogen-bond acceptors (Lipinski definition) is 4. The third-order valence-corrected chi connectivity index (χ3v) is 5.53. The van der Waals surface area contributed by atoms with Gasteiger partial charge >= 0.3 is 12.1 Å². The molecule has 1 atom stereocenters. The smallest absolute Gasteiger partial charge is 0.407 e. The Morgan fingerprint density at radius 3 is 2.28 bits per heavy atom. The van der Waals surface area contributed by atoms with Crippen LogP contribution < -0.4 is 5.32 Å². The topological polar surface area (TPSA) is 95.9 Å². The van der Waals surface area contributed by atoms with Crippen LogP contribution in [-0.2, 0) is 14.3 Å². The lowest BCUT2D eigenvalue weighted by atomic mass is 9.98. The summed E-state index contributed by atoms with van der Waals surface area (Å²) in [5.74, 6) is 0.289. The van der Waals surface area contributed by atoms with Gasteiger partial charge in [-0.2, -0.15) is 0 Å². The van der Waals surface area contributed by atoms with Crippen LogP contribution in [0.4, 0.5) is 4.79 Å². The molecule has 0 saturated heterocycles. The number of amides is 2. The first-order valence-electron chi connectivity index (χ1n) is 10.4. The van der Waals surface area contributed by atoms with Crippen LogP contribution in [0, 0.1) is 18.3 Å². The molecule has 2 aromatic rings. The second-order valence-electron chi connectivity index (χ2n) is 7.73. The van der Waals surface area contributed by atoms with E-state index in [9.17, 15) is 14.4 Å². The highest BCUT2D eigenvalue weighted by Crippen LogP contribution is 2.44. The number of rotatable bonds is 9. The van der Waals surface area contributed by atoms with Gasteiger partial charge in [0.1, 0.15) is 13.2 Å². The van der Waals surface area contributed by atoms with E-state index in [1.165, 1.54) is 0 Å². The van der Waals surface area contributed by atoms with Crippen LogP contribution in [0.1, 0.15) is 30.4 Å². The van der Waals surface area contributed by atoms with Crippen LogP contribution in [0.15, 0.2) is 48.5 Å². The normalized spacial score (nSPS) is 12.8. The third-order valence-electron chi connectivity index (χ3n) is 5.53. The fourth-order valence-electron chi connectivity index (χ4n) is 3.96. The summed E-state index contributed by atoms with van der Waals surface area (Å²) in [6.45, 7) is 1.58. The Hall–Kier alpha value is -3.79. The summed E-state index contributed by atoms with van der Waals surface area (Å²) in [6.07, 6.45) is 5.00. The van der Waals surface area contributed by atoms with E-state index < -0.39 is 24.5 Å². The van der Waals surface area contributed by atoms with Gasteiger partial charge in [0, 0.05) is 18.4 Å². The zero-order valence-electron chi connectivity index (χ0n) is 17.9. The van der Waals surface area contributed by atoms with Gasteiger partial charge < -0.3 is 20.1 Å². The Morgan fingerprint density at radius 2 is 1.72 bits per heavy atom. The largest absolute Gasteiger partial charge is 0.480 e. The monoisotopic (exact) mass is 434 g/mol. The molecule has 1 aliphatic carbocycles. The number of terminal acetylenes is 1. The number of carboxylic acid groups (broad SMARTS) is 1. The Bertz CT molecular complexity index is 997. The van der Waals surface area contributed by atoms with Crippen molar-refractivity contribution in [2.75, 3.05) is 26.2 Å². The van der Waals surface area contributed by atoms with E-state index in [2.05, 4.69) is 23.4 Å². The lowest BCUT2D eigenvalue weighted by Crippen LogP contribution is -2.40. The van der Waals surface area contributed by atoms with Crippen molar-refractivity contribution in [2.24, 2.45) is 5.92 Å². The molecule has 1 unspecified atom stereocenters. The number of aliphatic carboxylic acids is 1. The van der Waals surface area contributed by atoms with Crippen molar-refractivity contribution < 1.29 is 24.2 Å². The number of ether oxygens (including phenoxy) is 1. The average Bonchev–Trinajstić information content (AvgIpc) is 3.10. The molecule has 0 heterocycles. The number of alkyl carbamates (subject to hydrolysis) is 1. The molecule has 0 aliphatic heterocycles. The van der Waals surface area contributed by atoms with Crippen molar-refractivity contribution in [2.45, 2.75) is 19.3 Å². The van der Waals surface area contributed by atoms with Gasteiger partial charge in [-0.3, -0.25) is 9.59 Å². The number of benzene rings is 2. The van der Waals surface area contributed by atoms with Crippen LogP contribution in [0.25, 0.3) is 11.1 Å². The second kappa shape index (κ2) is 10.5. The third kappa shape index (κ3) is 5.27. The summed E-state index contributed by atoms with van der Waals surface area (Å²) in [5.41, 5.74) is 4.57. The van der Waals surface area contributed by atoms with Crippen molar-refractivity contribution in [3.8, 4) is 23.5 Å². The molecule has 2 aromatic carbocycles. The predicted molar refractivity (Wildman–Crippen MR) is 120 cm³/mol. The summed E-state index contributed by atoms with van der Waals surface area (Å²) in [7, 11) is 0. The molecule has 32 heavy (non-hydrogen) atoms. The standard InChI is InChI=1S/C25H26N2O5/c1-3-14-27(15-23(28)29)24(30)17(2)12-13-26-25(31)32-16-22-20-10-6-4-8-18(20)19-9-5-7-11-21(19)22/h1,4-11,17,22H,12-16H2,2H3,(H,26,31)(H,28,29). The minimum Gasteiger partial charge on any atom is -0.480 e. The van der Waals surface area contributed by atoms with E-state index in [4.69, 9.17) is 16.3 Å². The number of hydrogen-bond donors (Lipinski definition) is 2. The van der Waals surface area contributed by atoms with Gasteiger partial charge in [0.05, 0.1) is 6.54 Å². The van der Waals surface area contributed by atoms with Crippen molar-refractivity contribution in [3.63, 3.8) is 0 Å². The van der Waals surface area contributed by atoms with Crippen molar-refractivity contribution in [1.82, 2.24) is 10.2 Å². The van der Waals surface area contributed by atoms with E-state index >= 15 is 0 Å². The first-order chi connectivity index (χ1) is 15.4. The first-order valence-corrected chi connectivity index (χ1v) is 10.4. The summed E-state index contributed by atoms with van der Waals surface area (Å²) >= 11 is 0. The van der Waals surface area contributed by atoms with Gasteiger partial charge in [-0.05, 0) is 28.7 Å². The molecule has 0 fully saturated rings. The van der Waals surface area contributed by atoms with Crippen LogP contribution in [0.5, 0.6) is 0 Å². The molecule has 166 valence electrons. The minimum absolute atomic E-state index is 0.0259. The molecular formula is C25H26N2O5. The zero-order chi connectivity index (χ0) is 23.1. The number of nitrogens with one attached hydrogen (secondary N) is 1. The van der Waals surface area contributed by atoms with Crippen LogP contribution >= 0.6 is 0 Å². The number of carboxylic acids is 1. The molecule has 2 N–H and O–H groups in total. The van der Waals surface area contributed by atoms with E-state index in [1.807, 2.05) is 36.4 Å². The fourth-order valence-corrected chi connectivity index (χ4v) is 3.96. The highest BCUT2D eigenvalue weighted by atomic mass is 16.5. The maximum atomic E-state index is 12.4. The summed E-state index contributed by atoms with van der Waals surface area (Å²) < 4.78 is 5.47. The molecule has 7 heteroatoms. The lowest BCUT2D eigenvalue weighted by Gasteiger charge is -2.22. The molecule has 0 spiro atoms. The molecule has 3 rings (SSSR count). The van der Waals surface area contributed by atoms with Crippen molar-refractivity contribution in [1.29, 1.82) is 0 Å². The van der Waals surface area contributed by atoms with Crippen LogP contribution in [0.3, 0.4) is 0 Å². The molecule has 1 aliphatic rings.